The van der Waals surface area contributed by atoms with E-state index in [0.717, 1.165) is 28.2 Å². The molecule has 0 amide bonds. The number of halogens is 1. The van der Waals surface area contributed by atoms with E-state index < -0.39 is 0 Å². The highest BCUT2D eigenvalue weighted by atomic mass is 35.5. The minimum absolute atomic E-state index is 0.497. The summed E-state index contributed by atoms with van der Waals surface area (Å²) in [5.41, 5.74) is 10.6. The topological polar surface area (TPSA) is 50.4 Å². The molecule has 1 aliphatic rings. The second kappa shape index (κ2) is 4.03. The van der Waals surface area contributed by atoms with Crippen LogP contribution in [-0.2, 0) is 0 Å². The lowest BCUT2D eigenvalue weighted by molar-refractivity contribution is 1.42. The fourth-order valence-corrected chi connectivity index (χ4v) is 2.17. The van der Waals surface area contributed by atoms with Gasteiger partial charge in [0.15, 0.2) is 0 Å². The first kappa shape index (κ1) is 11.1. The van der Waals surface area contributed by atoms with Gasteiger partial charge in [-0.1, -0.05) is 23.7 Å². The van der Waals surface area contributed by atoms with Gasteiger partial charge in [-0.15, -0.1) is 0 Å². The van der Waals surface area contributed by atoms with Gasteiger partial charge in [0.1, 0.15) is 5.84 Å². The molecule has 0 spiro atoms. The number of aryl methyl sites for hydroxylation is 1. The van der Waals surface area contributed by atoms with Crippen LogP contribution in [0.5, 0.6) is 0 Å². The fourth-order valence-electron chi connectivity index (χ4n) is 2.01. The molecule has 0 saturated carbocycles. The molecule has 3 nitrogen and oxygen atoms in total. The Morgan fingerprint density at radius 1 is 1.17 bits per heavy atom. The normalized spacial score (nSPS) is 12.9. The van der Waals surface area contributed by atoms with Gasteiger partial charge in [-0.3, -0.25) is 0 Å². The highest BCUT2D eigenvalue weighted by Gasteiger charge is 2.14. The number of amidine groups is 1. The zero-order chi connectivity index (χ0) is 12.7. The molecule has 0 aromatic heterocycles. The lowest BCUT2D eigenvalue weighted by Gasteiger charge is -2.10. The summed E-state index contributed by atoms with van der Waals surface area (Å²) in [7, 11) is 0. The van der Waals surface area contributed by atoms with Crippen LogP contribution in [0, 0.1) is 6.92 Å². The number of para-hydroxylation sites is 1. The molecule has 0 fully saturated rings. The monoisotopic (exact) mass is 257 g/mol. The Balaban J connectivity index is 2.25. The van der Waals surface area contributed by atoms with Gasteiger partial charge in [-0.25, -0.2) is 4.99 Å². The average molecular weight is 258 g/mol. The predicted octanol–water partition coefficient (Wildman–Crippen LogP) is 3.74. The molecule has 1 aliphatic heterocycles. The van der Waals surface area contributed by atoms with E-state index in [1.54, 1.807) is 0 Å². The first-order valence-corrected chi connectivity index (χ1v) is 6.03. The third-order valence-corrected chi connectivity index (χ3v) is 3.40. The molecule has 3 rings (SSSR count). The van der Waals surface area contributed by atoms with Gasteiger partial charge >= 0.3 is 0 Å². The van der Waals surface area contributed by atoms with E-state index in [2.05, 4.69) is 10.3 Å². The van der Waals surface area contributed by atoms with Gasteiger partial charge in [-0.05, 0) is 36.8 Å². The number of hydrogen-bond donors (Lipinski definition) is 2. The number of rotatable bonds is 0. The number of fused-ring (bicyclic) bond motifs is 2. The fraction of sp³-hybridized carbons (Fsp3) is 0.0714. The Hall–Kier alpha value is -2.00. The molecule has 2 aromatic rings. The summed E-state index contributed by atoms with van der Waals surface area (Å²) < 4.78 is 0. The van der Waals surface area contributed by atoms with E-state index in [-0.39, 0.29) is 0 Å². The largest absolute Gasteiger partial charge is 0.383 e. The predicted molar refractivity (Wildman–Crippen MR) is 76.3 cm³/mol. The van der Waals surface area contributed by atoms with Crippen LogP contribution in [-0.4, -0.2) is 5.84 Å². The summed E-state index contributed by atoms with van der Waals surface area (Å²) in [6.45, 7) is 1.97. The van der Waals surface area contributed by atoms with Crippen molar-refractivity contribution >= 4 is 34.5 Å². The summed E-state index contributed by atoms with van der Waals surface area (Å²) in [4.78, 5) is 4.43. The van der Waals surface area contributed by atoms with Crippen molar-refractivity contribution in [2.45, 2.75) is 6.92 Å². The van der Waals surface area contributed by atoms with Crippen LogP contribution in [0.3, 0.4) is 0 Å². The smallest absolute Gasteiger partial charge is 0.133 e. The second-order valence-electron chi connectivity index (χ2n) is 4.29. The summed E-state index contributed by atoms with van der Waals surface area (Å²) in [5, 5.41) is 4.04. The Kier molecular flexibility index (Phi) is 2.49. The number of anilines is 2. The molecule has 18 heavy (non-hydrogen) atoms. The number of nitrogens with one attached hydrogen (secondary N) is 1. The summed E-state index contributed by atoms with van der Waals surface area (Å²) in [6, 6.07) is 11.6. The van der Waals surface area contributed by atoms with Crippen molar-refractivity contribution in [3.05, 3.63) is 52.5 Å². The van der Waals surface area contributed by atoms with Crippen molar-refractivity contribution in [2.75, 3.05) is 5.32 Å². The van der Waals surface area contributed by atoms with Gasteiger partial charge in [-0.2, -0.15) is 0 Å². The highest BCUT2D eigenvalue weighted by molar-refractivity contribution is 6.31. The minimum atomic E-state index is 0.497. The zero-order valence-corrected chi connectivity index (χ0v) is 10.6. The molecular formula is C14H12ClN3. The first-order valence-electron chi connectivity index (χ1n) is 5.66. The van der Waals surface area contributed by atoms with E-state index in [4.69, 9.17) is 17.3 Å². The third-order valence-electron chi connectivity index (χ3n) is 2.99. The first-order chi connectivity index (χ1) is 8.65. The van der Waals surface area contributed by atoms with Crippen LogP contribution in [0.2, 0.25) is 5.02 Å². The van der Waals surface area contributed by atoms with Gasteiger partial charge in [0, 0.05) is 16.3 Å². The maximum atomic E-state index is 6.12. The second-order valence-corrected chi connectivity index (χ2v) is 4.69. The van der Waals surface area contributed by atoms with Crippen LogP contribution in [0.15, 0.2) is 41.4 Å². The molecule has 0 bridgehead atoms. The van der Waals surface area contributed by atoms with Crippen LogP contribution in [0.4, 0.5) is 17.1 Å². The molecule has 0 unspecified atom stereocenters. The molecule has 0 saturated heterocycles. The average Bonchev–Trinajstić information content (AvgIpc) is 2.48. The number of aliphatic imine (C=N–C) groups is 1. The highest BCUT2D eigenvalue weighted by Crippen LogP contribution is 2.36. The number of benzene rings is 2. The molecule has 4 heteroatoms. The minimum Gasteiger partial charge on any atom is -0.383 e. The number of hydrogen-bond acceptors (Lipinski definition) is 3. The molecule has 0 radical (unpaired) electrons. The maximum Gasteiger partial charge on any atom is 0.133 e. The van der Waals surface area contributed by atoms with Crippen LogP contribution < -0.4 is 11.1 Å². The molecule has 2 aromatic carbocycles. The summed E-state index contributed by atoms with van der Waals surface area (Å²) >= 11 is 6.12. The molecule has 0 aliphatic carbocycles. The Morgan fingerprint density at radius 3 is 2.78 bits per heavy atom. The van der Waals surface area contributed by atoms with Crippen LogP contribution >= 0.6 is 11.6 Å². The Morgan fingerprint density at radius 2 is 1.94 bits per heavy atom. The Labute approximate surface area is 110 Å². The number of nitrogens with two attached hydrogens (primary N) is 1. The van der Waals surface area contributed by atoms with E-state index in [1.165, 1.54) is 0 Å². The van der Waals surface area contributed by atoms with Gasteiger partial charge < -0.3 is 11.1 Å². The van der Waals surface area contributed by atoms with Gasteiger partial charge in [0.2, 0.25) is 0 Å². The van der Waals surface area contributed by atoms with E-state index in [1.807, 2.05) is 43.3 Å². The molecule has 1 heterocycles. The SMILES string of the molecule is Cc1cc2c(cc1Cl)N=C(N)c1ccccc1N2. The lowest BCUT2D eigenvalue weighted by atomic mass is 10.1. The van der Waals surface area contributed by atoms with Crippen molar-refractivity contribution in [2.24, 2.45) is 10.7 Å². The maximum absolute atomic E-state index is 6.12. The Bertz CT molecular complexity index is 662. The quantitative estimate of drug-likeness (QED) is 0.755. The molecular weight excluding hydrogens is 246 g/mol. The summed E-state index contributed by atoms with van der Waals surface area (Å²) in [6.07, 6.45) is 0. The van der Waals surface area contributed by atoms with Crippen molar-refractivity contribution in [3.63, 3.8) is 0 Å². The van der Waals surface area contributed by atoms with Crippen molar-refractivity contribution in [1.82, 2.24) is 0 Å². The van der Waals surface area contributed by atoms with Crippen molar-refractivity contribution in [3.8, 4) is 0 Å². The zero-order valence-electron chi connectivity index (χ0n) is 9.87. The van der Waals surface area contributed by atoms with E-state index >= 15 is 0 Å². The van der Waals surface area contributed by atoms with E-state index in [0.29, 0.717) is 10.9 Å². The van der Waals surface area contributed by atoms with Crippen molar-refractivity contribution in [1.29, 1.82) is 0 Å². The number of nitrogens with zero attached hydrogens (tertiary/aromatic N) is 1. The van der Waals surface area contributed by atoms with E-state index in [9.17, 15) is 0 Å². The third kappa shape index (κ3) is 1.73. The summed E-state index contributed by atoms with van der Waals surface area (Å²) in [5.74, 6) is 0.497. The molecule has 0 atom stereocenters. The standard InChI is InChI=1S/C14H12ClN3/c1-8-6-12-13(7-10(8)15)18-14(16)9-4-2-3-5-11(9)17-12/h2-7,17H,1H3,(H2,16,18). The molecule has 90 valence electrons. The molecule has 3 N–H and O–H groups in total. The lowest BCUT2D eigenvalue weighted by Crippen LogP contribution is -2.13. The van der Waals surface area contributed by atoms with Crippen LogP contribution in [0.25, 0.3) is 0 Å². The van der Waals surface area contributed by atoms with Gasteiger partial charge in [0.25, 0.3) is 0 Å². The van der Waals surface area contributed by atoms with Gasteiger partial charge in [0.05, 0.1) is 11.4 Å². The van der Waals surface area contributed by atoms with Crippen molar-refractivity contribution < 1.29 is 0 Å². The van der Waals surface area contributed by atoms with Crippen LogP contribution in [0.1, 0.15) is 11.1 Å².